The first kappa shape index (κ1) is 12.6. The van der Waals surface area contributed by atoms with Crippen molar-refractivity contribution in [1.29, 1.82) is 0 Å². The molecule has 0 bridgehead atoms. The molecular weight excluding hydrogens is 232 g/mol. The Labute approximate surface area is 107 Å². The topological polar surface area (TPSA) is 41.0 Å². The van der Waals surface area contributed by atoms with E-state index in [0.717, 1.165) is 23.9 Å². The van der Waals surface area contributed by atoms with Crippen LogP contribution in [0.15, 0.2) is 17.4 Å². The Kier molecular flexibility index (Phi) is 4.62. The Hall–Kier alpha value is -0.810. The molecule has 0 radical (unpaired) electrons. The van der Waals surface area contributed by atoms with Crippen molar-refractivity contribution in [3.05, 3.63) is 12.4 Å². The summed E-state index contributed by atoms with van der Waals surface area (Å²) in [6.45, 7) is 2.25. The monoisotopic (exact) mass is 252 g/mol. The van der Waals surface area contributed by atoms with E-state index in [1.165, 1.54) is 19.3 Å². The first-order chi connectivity index (χ1) is 8.31. The maximum atomic E-state index is 4.37. The smallest absolute Gasteiger partial charge is 0.133 e. The van der Waals surface area contributed by atoms with Crippen LogP contribution >= 0.6 is 11.8 Å². The number of rotatable bonds is 3. The summed E-state index contributed by atoms with van der Waals surface area (Å²) >= 11 is 1.66. The molecule has 0 saturated carbocycles. The summed E-state index contributed by atoms with van der Waals surface area (Å²) in [5.74, 6) is 1.04. The van der Waals surface area contributed by atoms with E-state index in [-0.39, 0.29) is 0 Å². The SMILES string of the molecule is CSc1cc(N(C)C2CCCNCC2)ncn1. The molecule has 1 atom stereocenters. The standard InChI is InChI=1S/C12H20N4S/c1-16(10-4-3-6-13-7-5-10)11-8-12(17-2)15-9-14-11/h8-10,13H,3-7H2,1-2H3. The van der Waals surface area contributed by atoms with Crippen LogP contribution in [0.5, 0.6) is 0 Å². The molecule has 17 heavy (non-hydrogen) atoms. The quantitative estimate of drug-likeness (QED) is 0.656. The molecule has 2 heterocycles. The summed E-state index contributed by atoms with van der Waals surface area (Å²) in [5, 5.41) is 4.48. The van der Waals surface area contributed by atoms with Gasteiger partial charge in [-0.3, -0.25) is 0 Å². The molecule has 1 fully saturated rings. The summed E-state index contributed by atoms with van der Waals surface area (Å²) in [6, 6.07) is 2.66. The average Bonchev–Trinajstić information content (AvgIpc) is 2.67. The van der Waals surface area contributed by atoms with Crippen LogP contribution in [0.3, 0.4) is 0 Å². The van der Waals surface area contributed by atoms with Crippen molar-refractivity contribution in [3.63, 3.8) is 0 Å². The predicted octanol–water partition coefficient (Wildman–Crippen LogP) is 1.78. The van der Waals surface area contributed by atoms with E-state index in [2.05, 4.69) is 33.3 Å². The van der Waals surface area contributed by atoms with Gasteiger partial charge < -0.3 is 10.2 Å². The van der Waals surface area contributed by atoms with Gasteiger partial charge in [0, 0.05) is 19.2 Å². The van der Waals surface area contributed by atoms with Crippen molar-refractivity contribution < 1.29 is 0 Å². The van der Waals surface area contributed by atoms with Gasteiger partial charge >= 0.3 is 0 Å². The number of thioether (sulfide) groups is 1. The Morgan fingerprint density at radius 3 is 3.06 bits per heavy atom. The molecule has 1 aromatic rings. The van der Waals surface area contributed by atoms with Gasteiger partial charge in [-0.25, -0.2) is 9.97 Å². The van der Waals surface area contributed by atoms with Gasteiger partial charge in [0.1, 0.15) is 17.2 Å². The van der Waals surface area contributed by atoms with Gasteiger partial charge in [0.25, 0.3) is 0 Å². The van der Waals surface area contributed by atoms with Crippen LogP contribution in [-0.4, -0.2) is 42.4 Å². The number of aromatic nitrogens is 2. The number of nitrogens with one attached hydrogen (secondary N) is 1. The second kappa shape index (κ2) is 6.21. The van der Waals surface area contributed by atoms with Gasteiger partial charge in [0.05, 0.1) is 0 Å². The first-order valence-electron chi connectivity index (χ1n) is 6.11. The van der Waals surface area contributed by atoms with E-state index in [1.54, 1.807) is 18.1 Å². The van der Waals surface area contributed by atoms with Gasteiger partial charge in [0.2, 0.25) is 0 Å². The molecule has 94 valence electrons. The van der Waals surface area contributed by atoms with Gasteiger partial charge in [-0.1, -0.05) is 0 Å². The number of hydrogen-bond donors (Lipinski definition) is 1. The third kappa shape index (κ3) is 3.33. The van der Waals surface area contributed by atoms with Gasteiger partial charge in [-0.05, 0) is 38.6 Å². The first-order valence-corrected chi connectivity index (χ1v) is 7.33. The van der Waals surface area contributed by atoms with Gasteiger partial charge in [-0.2, -0.15) is 0 Å². The lowest BCUT2D eigenvalue weighted by Gasteiger charge is -2.28. The molecule has 0 aliphatic carbocycles. The van der Waals surface area contributed by atoms with Crippen molar-refractivity contribution in [2.75, 3.05) is 31.3 Å². The lowest BCUT2D eigenvalue weighted by atomic mass is 10.1. The van der Waals surface area contributed by atoms with E-state index in [4.69, 9.17) is 0 Å². The fourth-order valence-corrected chi connectivity index (χ4v) is 2.59. The molecule has 1 unspecified atom stereocenters. The van der Waals surface area contributed by atoms with Crippen LogP contribution < -0.4 is 10.2 Å². The summed E-state index contributed by atoms with van der Waals surface area (Å²) in [7, 11) is 2.14. The highest BCUT2D eigenvalue weighted by atomic mass is 32.2. The molecule has 1 aromatic heterocycles. The van der Waals surface area contributed by atoms with Crippen molar-refractivity contribution >= 4 is 17.6 Å². The molecule has 5 heteroatoms. The molecule has 0 aromatic carbocycles. The molecule has 1 saturated heterocycles. The van der Waals surface area contributed by atoms with Crippen LogP contribution in [-0.2, 0) is 0 Å². The van der Waals surface area contributed by atoms with Gasteiger partial charge in [0.15, 0.2) is 0 Å². The molecule has 0 amide bonds. The van der Waals surface area contributed by atoms with E-state index in [1.807, 2.05) is 6.26 Å². The minimum absolute atomic E-state index is 0.592. The van der Waals surface area contributed by atoms with Crippen LogP contribution in [0.1, 0.15) is 19.3 Å². The lowest BCUT2D eigenvalue weighted by molar-refractivity contribution is 0.561. The Morgan fingerprint density at radius 1 is 1.35 bits per heavy atom. The van der Waals surface area contributed by atoms with Crippen molar-refractivity contribution in [2.45, 2.75) is 30.3 Å². The van der Waals surface area contributed by atoms with Crippen LogP contribution in [0.2, 0.25) is 0 Å². The third-order valence-corrected chi connectivity index (χ3v) is 3.93. The molecule has 1 aliphatic heterocycles. The summed E-state index contributed by atoms with van der Waals surface area (Å²) in [5.41, 5.74) is 0. The maximum absolute atomic E-state index is 4.37. The molecule has 1 aliphatic rings. The Morgan fingerprint density at radius 2 is 2.24 bits per heavy atom. The van der Waals surface area contributed by atoms with Crippen molar-refractivity contribution in [3.8, 4) is 0 Å². The minimum Gasteiger partial charge on any atom is -0.357 e. The van der Waals surface area contributed by atoms with Gasteiger partial charge in [-0.15, -0.1) is 11.8 Å². The van der Waals surface area contributed by atoms with Crippen LogP contribution in [0.4, 0.5) is 5.82 Å². The zero-order valence-electron chi connectivity index (χ0n) is 10.5. The molecule has 2 rings (SSSR count). The maximum Gasteiger partial charge on any atom is 0.133 e. The average molecular weight is 252 g/mol. The largest absolute Gasteiger partial charge is 0.357 e. The number of nitrogens with zero attached hydrogens (tertiary/aromatic N) is 3. The highest BCUT2D eigenvalue weighted by Crippen LogP contribution is 2.21. The fourth-order valence-electron chi connectivity index (χ4n) is 2.21. The second-order valence-electron chi connectivity index (χ2n) is 4.36. The molecule has 4 nitrogen and oxygen atoms in total. The van der Waals surface area contributed by atoms with E-state index in [9.17, 15) is 0 Å². The number of anilines is 1. The molecular formula is C12H20N4S. The van der Waals surface area contributed by atoms with Crippen LogP contribution in [0.25, 0.3) is 0 Å². The lowest BCUT2D eigenvalue weighted by Crippen LogP contribution is -2.33. The van der Waals surface area contributed by atoms with E-state index < -0.39 is 0 Å². The zero-order chi connectivity index (χ0) is 12.1. The fraction of sp³-hybridized carbons (Fsp3) is 0.667. The third-order valence-electron chi connectivity index (χ3n) is 3.29. The Bertz CT molecular complexity index is 350. The molecule has 0 spiro atoms. The van der Waals surface area contributed by atoms with Crippen LogP contribution in [0, 0.1) is 0 Å². The highest BCUT2D eigenvalue weighted by molar-refractivity contribution is 7.98. The van der Waals surface area contributed by atoms with Crippen molar-refractivity contribution in [2.24, 2.45) is 0 Å². The predicted molar refractivity (Wildman–Crippen MR) is 72.7 cm³/mol. The van der Waals surface area contributed by atoms with Crippen molar-refractivity contribution in [1.82, 2.24) is 15.3 Å². The summed E-state index contributed by atoms with van der Waals surface area (Å²) in [6.07, 6.45) is 7.38. The molecule has 1 N–H and O–H groups in total. The summed E-state index contributed by atoms with van der Waals surface area (Å²) in [4.78, 5) is 10.9. The zero-order valence-corrected chi connectivity index (χ0v) is 11.3. The normalized spacial score (nSPS) is 20.9. The highest BCUT2D eigenvalue weighted by Gasteiger charge is 2.18. The number of hydrogen-bond acceptors (Lipinski definition) is 5. The minimum atomic E-state index is 0.592. The van der Waals surface area contributed by atoms with E-state index in [0.29, 0.717) is 6.04 Å². The summed E-state index contributed by atoms with van der Waals surface area (Å²) < 4.78 is 0. The second-order valence-corrected chi connectivity index (χ2v) is 5.19. The Balaban J connectivity index is 2.08. The van der Waals surface area contributed by atoms with E-state index >= 15 is 0 Å².